The Kier molecular flexibility index (Phi) is 4.97. The van der Waals surface area contributed by atoms with Crippen LogP contribution in [0.25, 0.3) is 0 Å². The SMILES string of the molecule is COc1cc(C)cc(C)c1C(N)C(C)CCN. The smallest absolute Gasteiger partial charge is 0.124 e. The summed E-state index contributed by atoms with van der Waals surface area (Å²) in [7, 11) is 1.69. The lowest BCUT2D eigenvalue weighted by molar-refractivity contribution is 0.384. The highest BCUT2D eigenvalue weighted by atomic mass is 16.5. The van der Waals surface area contributed by atoms with Gasteiger partial charge in [-0.1, -0.05) is 13.0 Å². The van der Waals surface area contributed by atoms with Gasteiger partial charge in [-0.15, -0.1) is 0 Å². The van der Waals surface area contributed by atoms with Crippen LogP contribution >= 0.6 is 0 Å². The van der Waals surface area contributed by atoms with Crippen molar-refractivity contribution in [3.05, 3.63) is 28.8 Å². The first-order valence-electron chi connectivity index (χ1n) is 6.12. The molecule has 1 aromatic rings. The van der Waals surface area contributed by atoms with Crippen LogP contribution in [0.2, 0.25) is 0 Å². The molecule has 2 atom stereocenters. The highest BCUT2D eigenvalue weighted by molar-refractivity contribution is 5.45. The quantitative estimate of drug-likeness (QED) is 0.824. The van der Waals surface area contributed by atoms with Crippen LogP contribution in [0.15, 0.2) is 12.1 Å². The second-order valence-corrected chi connectivity index (χ2v) is 4.78. The van der Waals surface area contributed by atoms with Crippen molar-refractivity contribution in [3.63, 3.8) is 0 Å². The summed E-state index contributed by atoms with van der Waals surface area (Å²) in [5.74, 6) is 1.24. The van der Waals surface area contributed by atoms with Crippen LogP contribution in [0.5, 0.6) is 5.75 Å². The fourth-order valence-corrected chi connectivity index (χ4v) is 2.26. The zero-order valence-electron chi connectivity index (χ0n) is 11.3. The number of ether oxygens (including phenoxy) is 1. The van der Waals surface area contributed by atoms with Crippen LogP contribution in [-0.2, 0) is 0 Å². The average molecular weight is 236 g/mol. The van der Waals surface area contributed by atoms with E-state index in [1.54, 1.807) is 7.11 Å². The molecule has 1 rings (SSSR count). The molecule has 0 saturated heterocycles. The van der Waals surface area contributed by atoms with Gasteiger partial charge in [-0.2, -0.15) is 0 Å². The minimum absolute atomic E-state index is 0.0194. The molecule has 0 aliphatic rings. The first-order valence-corrected chi connectivity index (χ1v) is 6.12. The molecule has 3 nitrogen and oxygen atoms in total. The number of hydrogen-bond donors (Lipinski definition) is 2. The van der Waals surface area contributed by atoms with Crippen molar-refractivity contribution >= 4 is 0 Å². The van der Waals surface area contributed by atoms with Crippen molar-refractivity contribution in [2.75, 3.05) is 13.7 Å². The Balaban J connectivity index is 3.11. The van der Waals surface area contributed by atoms with Crippen molar-refractivity contribution in [3.8, 4) is 5.75 Å². The highest BCUT2D eigenvalue weighted by Crippen LogP contribution is 2.33. The maximum absolute atomic E-state index is 6.32. The molecule has 0 spiro atoms. The molecule has 0 fully saturated rings. The van der Waals surface area contributed by atoms with E-state index in [2.05, 4.69) is 26.8 Å². The molecular formula is C14H24N2O. The maximum atomic E-state index is 6.32. The molecular weight excluding hydrogens is 212 g/mol. The van der Waals surface area contributed by atoms with E-state index in [4.69, 9.17) is 16.2 Å². The van der Waals surface area contributed by atoms with E-state index in [-0.39, 0.29) is 6.04 Å². The van der Waals surface area contributed by atoms with Crippen LogP contribution in [0.4, 0.5) is 0 Å². The summed E-state index contributed by atoms with van der Waals surface area (Å²) < 4.78 is 5.45. The first kappa shape index (κ1) is 14.0. The van der Waals surface area contributed by atoms with Gasteiger partial charge in [-0.05, 0) is 49.9 Å². The van der Waals surface area contributed by atoms with E-state index in [1.807, 2.05) is 6.07 Å². The monoisotopic (exact) mass is 236 g/mol. The molecule has 3 heteroatoms. The molecule has 4 N–H and O–H groups in total. The standard InChI is InChI=1S/C14H24N2O/c1-9-7-11(3)13(12(8-9)17-4)14(16)10(2)5-6-15/h7-8,10,14H,5-6,15-16H2,1-4H3. The number of hydrogen-bond acceptors (Lipinski definition) is 3. The molecule has 2 unspecified atom stereocenters. The molecule has 96 valence electrons. The molecule has 0 radical (unpaired) electrons. The predicted molar refractivity (Wildman–Crippen MR) is 72.2 cm³/mol. The molecule has 17 heavy (non-hydrogen) atoms. The van der Waals surface area contributed by atoms with Gasteiger partial charge >= 0.3 is 0 Å². The van der Waals surface area contributed by atoms with Crippen LogP contribution in [0.1, 0.15) is 36.1 Å². The molecule has 0 aliphatic carbocycles. The second-order valence-electron chi connectivity index (χ2n) is 4.78. The molecule has 0 aliphatic heterocycles. The van der Waals surface area contributed by atoms with Gasteiger partial charge in [0.2, 0.25) is 0 Å². The largest absolute Gasteiger partial charge is 0.496 e. The van der Waals surface area contributed by atoms with Crippen molar-refractivity contribution in [2.24, 2.45) is 17.4 Å². The van der Waals surface area contributed by atoms with Gasteiger partial charge in [0, 0.05) is 11.6 Å². The van der Waals surface area contributed by atoms with E-state index >= 15 is 0 Å². The van der Waals surface area contributed by atoms with Gasteiger partial charge in [0.05, 0.1) is 7.11 Å². The van der Waals surface area contributed by atoms with Gasteiger partial charge in [0.25, 0.3) is 0 Å². The Morgan fingerprint density at radius 2 is 1.94 bits per heavy atom. The van der Waals surface area contributed by atoms with Gasteiger partial charge in [-0.25, -0.2) is 0 Å². The molecule has 0 heterocycles. The van der Waals surface area contributed by atoms with Gasteiger partial charge in [-0.3, -0.25) is 0 Å². The topological polar surface area (TPSA) is 61.3 Å². The normalized spacial score (nSPS) is 14.5. The summed E-state index contributed by atoms with van der Waals surface area (Å²) in [5.41, 5.74) is 15.4. The molecule has 0 bridgehead atoms. The van der Waals surface area contributed by atoms with Crippen LogP contribution in [0, 0.1) is 19.8 Å². The Labute approximate surface area is 104 Å². The predicted octanol–water partition coefficient (Wildman–Crippen LogP) is 2.30. The molecule has 0 saturated carbocycles. The lowest BCUT2D eigenvalue weighted by Crippen LogP contribution is -2.23. The lowest BCUT2D eigenvalue weighted by Gasteiger charge is -2.24. The Bertz CT molecular complexity index is 377. The summed E-state index contributed by atoms with van der Waals surface area (Å²) in [6, 6.07) is 4.17. The van der Waals surface area contributed by atoms with Crippen LogP contribution in [-0.4, -0.2) is 13.7 Å². The van der Waals surface area contributed by atoms with E-state index in [9.17, 15) is 0 Å². The first-order chi connectivity index (χ1) is 8.01. The van der Waals surface area contributed by atoms with Gasteiger partial charge in [0.15, 0.2) is 0 Å². The van der Waals surface area contributed by atoms with Crippen LogP contribution < -0.4 is 16.2 Å². The van der Waals surface area contributed by atoms with Gasteiger partial charge in [0.1, 0.15) is 5.75 Å². The Morgan fingerprint density at radius 3 is 2.47 bits per heavy atom. The average Bonchev–Trinajstić information content (AvgIpc) is 2.27. The van der Waals surface area contributed by atoms with Gasteiger partial charge < -0.3 is 16.2 Å². The lowest BCUT2D eigenvalue weighted by atomic mass is 9.88. The molecule has 0 amide bonds. The van der Waals surface area contributed by atoms with Crippen molar-refractivity contribution < 1.29 is 4.74 Å². The summed E-state index contributed by atoms with van der Waals surface area (Å²) in [6.07, 6.45) is 0.928. The minimum Gasteiger partial charge on any atom is -0.496 e. The van der Waals surface area contributed by atoms with E-state index in [0.717, 1.165) is 17.7 Å². The number of nitrogens with two attached hydrogens (primary N) is 2. The van der Waals surface area contributed by atoms with Crippen molar-refractivity contribution in [1.29, 1.82) is 0 Å². The van der Waals surface area contributed by atoms with E-state index in [0.29, 0.717) is 12.5 Å². The Hall–Kier alpha value is -1.06. The fraction of sp³-hybridized carbons (Fsp3) is 0.571. The summed E-state index contributed by atoms with van der Waals surface area (Å²) >= 11 is 0. The van der Waals surface area contributed by atoms with Crippen LogP contribution in [0.3, 0.4) is 0 Å². The third-order valence-electron chi connectivity index (χ3n) is 3.28. The zero-order chi connectivity index (χ0) is 13.0. The number of rotatable bonds is 5. The second kappa shape index (κ2) is 6.03. The maximum Gasteiger partial charge on any atom is 0.124 e. The Morgan fingerprint density at radius 1 is 1.29 bits per heavy atom. The fourth-order valence-electron chi connectivity index (χ4n) is 2.26. The minimum atomic E-state index is -0.0194. The van der Waals surface area contributed by atoms with Crippen molar-refractivity contribution in [1.82, 2.24) is 0 Å². The summed E-state index contributed by atoms with van der Waals surface area (Å²) in [6.45, 7) is 6.95. The third kappa shape index (κ3) is 3.20. The zero-order valence-corrected chi connectivity index (χ0v) is 11.3. The highest BCUT2D eigenvalue weighted by Gasteiger charge is 2.20. The van der Waals surface area contributed by atoms with Crippen molar-refractivity contribution in [2.45, 2.75) is 33.2 Å². The number of methoxy groups -OCH3 is 1. The van der Waals surface area contributed by atoms with E-state index < -0.39 is 0 Å². The third-order valence-corrected chi connectivity index (χ3v) is 3.28. The number of aryl methyl sites for hydroxylation is 2. The molecule has 0 aromatic heterocycles. The summed E-state index contributed by atoms with van der Waals surface area (Å²) in [4.78, 5) is 0. The summed E-state index contributed by atoms with van der Waals surface area (Å²) in [5, 5.41) is 0. The molecule has 1 aromatic carbocycles. The number of benzene rings is 1. The van der Waals surface area contributed by atoms with E-state index in [1.165, 1.54) is 11.1 Å².